The van der Waals surface area contributed by atoms with Crippen LogP contribution in [0.25, 0.3) is 0 Å². The highest BCUT2D eigenvalue weighted by Crippen LogP contribution is 2.22. The lowest BCUT2D eigenvalue weighted by molar-refractivity contribution is 0.250. The molecule has 0 saturated carbocycles. The van der Waals surface area contributed by atoms with Gasteiger partial charge in [-0.15, -0.1) is 0 Å². The first-order valence-electron chi connectivity index (χ1n) is 9.38. The van der Waals surface area contributed by atoms with Gasteiger partial charge in [-0.1, -0.05) is 61.5 Å². The van der Waals surface area contributed by atoms with Crippen molar-refractivity contribution in [3.63, 3.8) is 0 Å². The molecule has 146 valence electrons. The summed E-state index contributed by atoms with van der Waals surface area (Å²) in [5, 5.41) is 1.94. The first kappa shape index (κ1) is 20.5. The van der Waals surface area contributed by atoms with Crippen LogP contribution in [0.1, 0.15) is 12.5 Å². The molecule has 1 atom stereocenters. The van der Waals surface area contributed by atoms with Gasteiger partial charge in [-0.05, 0) is 53.2 Å². The van der Waals surface area contributed by atoms with E-state index in [0.29, 0.717) is 0 Å². The molecule has 0 aliphatic heterocycles. The Labute approximate surface area is 168 Å². The molecular weight excluding hydrogens is 384 g/mol. The molecule has 0 aromatic heterocycles. The second-order valence-corrected chi connectivity index (χ2v) is 13.0. The van der Waals surface area contributed by atoms with Crippen LogP contribution in [-0.4, -0.2) is 26.7 Å². The molecule has 0 spiro atoms. The van der Waals surface area contributed by atoms with E-state index < -0.39 is 17.1 Å². The van der Waals surface area contributed by atoms with Gasteiger partial charge < -0.3 is 18.4 Å². The zero-order valence-electron chi connectivity index (χ0n) is 16.4. The van der Waals surface area contributed by atoms with Crippen molar-refractivity contribution >= 4 is 27.5 Å². The molecule has 0 fully saturated rings. The zero-order valence-corrected chi connectivity index (χ0v) is 18.4. The molecule has 3 aromatic carbocycles. The Hall–Kier alpha value is -2.23. The minimum Gasteiger partial charge on any atom is -0.457 e. The number of hydrogen-bond donors (Lipinski definition) is 2. The first-order chi connectivity index (χ1) is 13.3. The number of hydrogen-bond acceptors (Lipinski definition) is 4. The van der Waals surface area contributed by atoms with Crippen LogP contribution in [-0.2, 0) is 10.5 Å². The third kappa shape index (κ3) is 4.98. The number of benzene rings is 3. The van der Waals surface area contributed by atoms with Crippen molar-refractivity contribution in [1.29, 1.82) is 0 Å². The summed E-state index contributed by atoms with van der Waals surface area (Å²) in [6.45, 7) is 5.48. The van der Waals surface area contributed by atoms with E-state index in [1.807, 2.05) is 73.3 Å². The molecule has 3 rings (SSSR count). The predicted octanol–water partition coefficient (Wildman–Crippen LogP) is 3.30. The van der Waals surface area contributed by atoms with Gasteiger partial charge in [0.15, 0.2) is 0 Å². The Kier molecular flexibility index (Phi) is 6.17. The van der Waals surface area contributed by atoms with Crippen LogP contribution < -0.4 is 15.1 Å². The summed E-state index contributed by atoms with van der Waals surface area (Å²) in [4.78, 5) is 20.1. The molecule has 0 amide bonds. The Morgan fingerprint density at radius 2 is 1.21 bits per heavy atom. The maximum absolute atomic E-state index is 10.1. The third-order valence-corrected chi connectivity index (χ3v) is 10.7. The lowest BCUT2D eigenvalue weighted by atomic mass is 10.2. The lowest BCUT2D eigenvalue weighted by Gasteiger charge is -2.32. The third-order valence-electron chi connectivity index (χ3n) is 4.69. The molecule has 0 saturated heterocycles. The van der Waals surface area contributed by atoms with Gasteiger partial charge in [0.05, 0.1) is 0 Å². The van der Waals surface area contributed by atoms with Crippen LogP contribution in [0.5, 0.6) is 11.5 Å². The lowest BCUT2D eigenvalue weighted by Crippen LogP contribution is -2.63. The van der Waals surface area contributed by atoms with E-state index in [0.717, 1.165) is 28.3 Å². The average Bonchev–Trinajstić information content (AvgIpc) is 2.68. The summed E-state index contributed by atoms with van der Waals surface area (Å²) in [6.07, 6.45) is 0.996. The zero-order chi connectivity index (χ0) is 20.2. The van der Waals surface area contributed by atoms with Crippen LogP contribution in [0.3, 0.4) is 0 Å². The van der Waals surface area contributed by atoms with Crippen LogP contribution in [0.2, 0.25) is 13.1 Å². The quantitative estimate of drug-likeness (QED) is 0.587. The largest absolute Gasteiger partial charge is 0.482 e. The molecular formula is C22H26O4Si2. The van der Waals surface area contributed by atoms with Gasteiger partial charge in [-0.2, -0.15) is 0 Å². The summed E-state index contributed by atoms with van der Waals surface area (Å²) in [5.74, 6) is 1.51. The van der Waals surface area contributed by atoms with Gasteiger partial charge in [0.2, 0.25) is 8.32 Å². The molecule has 0 aliphatic rings. The second kappa shape index (κ2) is 8.42. The number of ether oxygens (including phenoxy) is 1. The van der Waals surface area contributed by atoms with Gasteiger partial charge in [0.1, 0.15) is 11.5 Å². The Bertz CT molecular complexity index is 891. The molecule has 1 unspecified atom stereocenters. The van der Waals surface area contributed by atoms with E-state index >= 15 is 0 Å². The normalized spacial score (nSPS) is 13.8. The highest BCUT2D eigenvalue weighted by Gasteiger charge is 2.42. The Balaban J connectivity index is 1.87. The summed E-state index contributed by atoms with van der Waals surface area (Å²) in [5.41, 5.74) is 1.27. The van der Waals surface area contributed by atoms with Crippen molar-refractivity contribution in [1.82, 2.24) is 0 Å². The van der Waals surface area contributed by atoms with E-state index in [2.05, 4.69) is 19.1 Å². The van der Waals surface area contributed by atoms with Crippen molar-refractivity contribution in [2.24, 2.45) is 0 Å². The van der Waals surface area contributed by atoms with Crippen molar-refractivity contribution in [2.75, 3.05) is 0 Å². The van der Waals surface area contributed by atoms with Crippen LogP contribution in [0.4, 0.5) is 0 Å². The van der Waals surface area contributed by atoms with Crippen LogP contribution >= 0.6 is 0 Å². The fourth-order valence-corrected chi connectivity index (χ4v) is 9.20. The number of aryl methyl sites for hydroxylation is 1. The molecule has 0 aliphatic carbocycles. The summed E-state index contributed by atoms with van der Waals surface area (Å²) >= 11 is 0. The molecule has 0 bridgehead atoms. The highest BCUT2D eigenvalue weighted by molar-refractivity contribution is 7.00. The Morgan fingerprint density at radius 3 is 1.71 bits per heavy atom. The molecule has 0 radical (unpaired) electrons. The van der Waals surface area contributed by atoms with E-state index in [1.165, 1.54) is 12.1 Å². The summed E-state index contributed by atoms with van der Waals surface area (Å²) in [6, 6.07) is 25.5. The standard InChI is InChI=1S/C22H26O4Si2/c1-4-18-10-12-19(13-11-18)25-20-14-16-22(17-15-20)27(2,26-28(3,23)24)21-8-6-5-7-9-21/h5-17,23-24H,4H2,1-3H3. The second-order valence-electron chi connectivity index (χ2n) is 7.06. The molecule has 4 nitrogen and oxygen atoms in total. The molecule has 28 heavy (non-hydrogen) atoms. The smallest absolute Gasteiger partial charge is 0.457 e. The summed E-state index contributed by atoms with van der Waals surface area (Å²) in [7, 11) is -6.47. The van der Waals surface area contributed by atoms with Crippen LogP contribution in [0, 0.1) is 0 Å². The SMILES string of the molecule is CCc1ccc(Oc2ccc([Si](C)(O[Si](C)(O)O)c3ccccc3)cc2)cc1. The van der Waals surface area contributed by atoms with E-state index in [-0.39, 0.29) is 0 Å². The molecule has 6 heteroatoms. The van der Waals surface area contributed by atoms with Crippen molar-refractivity contribution in [3.05, 3.63) is 84.4 Å². The fraction of sp³-hybridized carbons (Fsp3) is 0.182. The van der Waals surface area contributed by atoms with Crippen molar-refractivity contribution in [2.45, 2.75) is 26.4 Å². The van der Waals surface area contributed by atoms with Crippen molar-refractivity contribution in [3.8, 4) is 11.5 Å². The maximum atomic E-state index is 10.1. The van der Waals surface area contributed by atoms with Gasteiger partial charge in [0, 0.05) is 6.55 Å². The maximum Gasteiger partial charge on any atom is 0.482 e. The van der Waals surface area contributed by atoms with E-state index in [4.69, 9.17) is 8.85 Å². The summed E-state index contributed by atoms with van der Waals surface area (Å²) < 4.78 is 11.9. The van der Waals surface area contributed by atoms with Gasteiger partial charge >= 0.3 is 8.80 Å². The van der Waals surface area contributed by atoms with E-state index in [9.17, 15) is 9.59 Å². The average molecular weight is 411 g/mol. The minimum absolute atomic E-state index is 0.727. The van der Waals surface area contributed by atoms with Gasteiger partial charge in [-0.3, -0.25) is 0 Å². The van der Waals surface area contributed by atoms with Gasteiger partial charge in [-0.25, -0.2) is 0 Å². The molecule has 3 aromatic rings. The molecule has 0 heterocycles. The van der Waals surface area contributed by atoms with Gasteiger partial charge in [0.25, 0.3) is 0 Å². The van der Waals surface area contributed by atoms with Crippen molar-refractivity contribution < 1.29 is 18.4 Å². The predicted molar refractivity (Wildman–Crippen MR) is 117 cm³/mol. The topological polar surface area (TPSA) is 58.9 Å². The highest BCUT2D eigenvalue weighted by atomic mass is 28.5. The first-order valence-corrected chi connectivity index (χ1v) is 14.1. The van der Waals surface area contributed by atoms with E-state index in [1.54, 1.807) is 0 Å². The molecule has 2 N–H and O–H groups in total. The van der Waals surface area contributed by atoms with Crippen LogP contribution in [0.15, 0.2) is 78.9 Å². The number of rotatable bonds is 7. The monoisotopic (exact) mass is 410 g/mol. The Morgan fingerprint density at radius 1 is 0.714 bits per heavy atom. The fourth-order valence-electron chi connectivity index (χ4n) is 3.20. The minimum atomic E-state index is -3.71.